The zero-order chi connectivity index (χ0) is 26.6. The van der Waals surface area contributed by atoms with Crippen LogP contribution in [0.5, 0.6) is 0 Å². The van der Waals surface area contributed by atoms with Gasteiger partial charge in [0, 0.05) is 63.2 Å². The second kappa shape index (κ2) is 10.7. The number of alkyl halides is 3. The van der Waals surface area contributed by atoms with Gasteiger partial charge < -0.3 is 20.9 Å². The molecule has 1 fully saturated rings. The summed E-state index contributed by atoms with van der Waals surface area (Å²) in [5, 5.41) is 8.83. The van der Waals surface area contributed by atoms with E-state index in [0.29, 0.717) is 11.9 Å². The van der Waals surface area contributed by atoms with Crippen LogP contribution in [0.3, 0.4) is 0 Å². The fourth-order valence-electron chi connectivity index (χ4n) is 3.66. The molecule has 0 amide bonds. The molecule has 1 aromatic carbocycles. The number of nitrogens with zero attached hydrogens (tertiary/aromatic N) is 6. The van der Waals surface area contributed by atoms with E-state index >= 15 is 0 Å². The lowest BCUT2D eigenvalue weighted by Crippen LogP contribution is -2.43. The monoisotopic (exact) mass is 537 g/mol. The summed E-state index contributed by atoms with van der Waals surface area (Å²) in [6.07, 6.45) is -0.438. The number of halogens is 3. The molecule has 0 radical (unpaired) electrons. The van der Waals surface area contributed by atoms with Crippen LogP contribution in [0.1, 0.15) is 11.3 Å². The molecule has 3 heterocycles. The van der Waals surface area contributed by atoms with Gasteiger partial charge in [0.2, 0.25) is 16.0 Å². The van der Waals surface area contributed by atoms with Gasteiger partial charge in [0.1, 0.15) is 17.1 Å². The van der Waals surface area contributed by atoms with E-state index in [1.165, 1.54) is 19.4 Å². The van der Waals surface area contributed by atoms with Gasteiger partial charge in [-0.25, -0.2) is 18.4 Å². The maximum absolute atomic E-state index is 13.7. The standard InChI is InChI=1S/C22H26F3N9O2S/c1-33(37(2,35)36)20-18(27-7-8-28-20)14-29-19-17(22(23,24)25)13-30-21(32-19)31-15-3-5-16(6-4-15)34-11-9-26-10-12-34/h3-8,13,26H,9-12,14H2,1-2H3,(H2,29,30,31,32). The van der Waals surface area contributed by atoms with E-state index in [9.17, 15) is 21.6 Å². The highest BCUT2D eigenvalue weighted by atomic mass is 32.2. The number of hydrogen-bond donors (Lipinski definition) is 3. The molecule has 11 nitrogen and oxygen atoms in total. The highest BCUT2D eigenvalue weighted by Gasteiger charge is 2.35. The topological polar surface area (TPSA) is 128 Å². The third-order valence-electron chi connectivity index (χ3n) is 5.67. The third kappa shape index (κ3) is 6.54. The van der Waals surface area contributed by atoms with Crippen molar-refractivity contribution in [2.45, 2.75) is 12.7 Å². The van der Waals surface area contributed by atoms with Crippen molar-refractivity contribution in [1.82, 2.24) is 25.3 Å². The van der Waals surface area contributed by atoms with Crippen molar-refractivity contribution in [3.8, 4) is 0 Å². The Labute approximate surface area is 212 Å². The molecule has 0 bridgehead atoms. The molecule has 0 spiro atoms. The Balaban J connectivity index is 1.55. The number of aromatic nitrogens is 4. The largest absolute Gasteiger partial charge is 0.421 e. The van der Waals surface area contributed by atoms with Crippen molar-refractivity contribution in [2.75, 3.05) is 59.3 Å². The second-order valence-corrected chi connectivity index (χ2v) is 10.3. The predicted molar refractivity (Wildman–Crippen MR) is 134 cm³/mol. The number of anilines is 5. The molecule has 1 saturated heterocycles. The van der Waals surface area contributed by atoms with Gasteiger partial charge in [0.15, 0.2) is 5.82 Å². The van der Waals surface area contributed by atoms with Crippen LogP contribution in [-0.2, 0) is 22.7 Å². The summed E-state index contributed by atoms with van der Waals surface area (Å²) in [5.41, 5.74) is 0.700. The Morgan fingerprint density at radius 1 is 1.08 bits per heavy atom. The van der Waals surface area contributed by atoms with Crippen LogP contribution in [0.4, 0.5) is 42.1 Å². The molecule has 1 aliphatic heterocycles. The van der Waals surface area contributed by atoms with Crippen LogP contribution in [0, 0.1) is 0 Å². The molecule has 0 saturated carbocycles. The van der Waals surface area contributed by atoms with Gasteiger partial charge in [0.05, 0.1) is 12.8 Å². The third-order valence-corrected chi connectivity index (χ3v) is 6.84. The summed E-state index contributed by atoms with van der Waals surface area (Å²) in [5.74, 6) is -0.540. The fourth-order valence-corrected chi connectivity index (χ4v) is 4.13. The lowest BCUT2D eigenvalue weighted by atomic mass is 10.2. The maximum Gasteiger partial charge on any atom is 0.421 e. The molecule has 15 heteroatoms. The van der Waals surface area contributed by atoms with Crippen LogP contribution in [0.25, 0.3) is 0 Å². The van der Waals surface area contributed by atoms with Gasteiger partial charge in [-0.15, -0.1) is 0 Å². The van der Waals surface area contributed by atoms with Gasteiger partial charge in [-0.2, -0.15) is 18.2 Å². The number of sulfonamides is 1. The van der Waals surface area contributed by atoms with Gasteiger partial charge in [0.25, 0.3) is 0 Å². The Bertz CT molecular complexity index is 1330. The van der Waals surface area contributed by atoms with E-state index in [0.717, 1.165) is 42.4 Å². The van der Waals surface area contributed by atoms with E-state index in [2.05, 4.69) is 40.8 Å². The highest BCUT2D eigenvalue weighted by Crippen LogP contribution is 2.34. The van der Waals surface area contributed by atoms with Crippen LogP contribution >= 0.6 is 0 Å². The number of rotatable bonds is 8. The van der Waals surface area contributed by atoms with Crippen LogP contribution in [0.2, 0.25) is 0 Å². The molecule has 3 N–H and O–H groups in total. The average Bonchev–Trinajstić information content (AvgIpc) is 2.87. The molecule has 37 heavy (non-hydrogen) atoms. The maximum atomic E-state index is 13.7. The Hall–Kier alpha value is -3.72. The molecule has 198 valence electrons. The smallest absolute Gasteiger partial charge is 0.369 e. The number of hydrogen-bond acceptors (Lipinski definition) is 10. The van der Waals surface area contributed by atoms with Crippen molar-refractivity contribution in [1.29, 1.82) is 0 Å². The fraction of sp³-hybridized carbons (Fsp3) is 0.364. The van der Waals surface area contributed by atoms with Crippen LogP contribution < -0.4 is 25.2 Å². The molecular formula is C22H26F3N9O2S. The van der Waals surface area contributed by atoms with E-state index in [1.807, 2.05) is 12.1 Å². The van der Waals surface area contributed by atoms with E-state index in [4.69, 9.17) is 0 Å². The number of benzene rings is 1. The Morgan fingerprint density at radius 2 is 1.76 bits per heavy atom. The zero-order valence-electron chi connectivity index (χ0n) is 20.1. The molecule has 0 unspecified atom stereocenters. The minimum Gasteiger partial charge on any atom is -0.369 e. The summed E-state index contributed by atoms with van der Waals surface area (Å²) in [4.78, 5) is 18.2. The average molecular weight is 538 g/mol. The molecule has 4 rings (SSSR count). The van der Waals surface area contributed by atoms with Crippen molar-refractivity contribution in [3.63, 3.8) is 0 Å². The first-order chi connectivity index (χ1) is 17.5. The molecule has 1 aliphatic rings. The first-order valence-electron chi connectivity index (χ1n) is 11.3. The summed E-state index contributed by atoms with van der Waals surface area (Å²) >= 11 is 0. The van der Waals surface area contributed by atoms with Crippen LogP contribution in [0.15, 0.2) is 42.9 Å². The van der Waals surface area contributed by atoms with Gasteiger partial charge in [-0.3, -0.25) is 9.29 Å². The summed E-state index contributed by atoms with van der Waals surface area (Å²) in [6, 6.07) is 7.45. The number of piperazine rings is 1. The summed E-state index contributed by atoms with van der Waals surface area (Å²) < 4.78 is 65.7. The van der Waals surface area contributed by atoms with E-state index in [-0.39, 0.29) is 24.0 Å². The van der Waals surface area contributed by atoms with Crippen LogP contribution in [-0.4, -0.2) is 67.8 Å². The normalized spacial score (nSPS) is 14.4. The quantitative estimate of drug-likeness (QED) is 0.394. The highest BCUT2D eigenvalue weighted by molar-refractivity contribution is 7.92. The summed E-state index contributed by atoms with van der Waals surface area (Å²) in [6.45, 7) is 3.31. The SMILES string of the molecule is CN(c1nccnc1CNc1nc(Nc2ccc(N3CCNCC3)cc2)ncc1C(F)(F)F)S(C)(=O)=O. The van der Waals surface area contributed by atoms with Crippen molar-refractivity contribution in [2.24, 2.45) is 0 Å². The Morgan fingerprint density at radius 3 is 2.41 bits per heavy atom. The van der Waals surface area contributed by atoms with Crippen molar-refractivity contribution in [3.05, 3.63) is 54.1 Å². The molecule has 0 aliphatic carbocycles. The van der Waals surface area contributed by atoms with Gasteiger partial charge in [-0.05, 0) is 24.3 Å². The molecule has 0 atom stereocenters. The van der Waals surface area contributed by atoms with Crippen molar-refractivity contribution >= 4 is 39.0 Å². The lowest BCUT2D eigenvalue weighted by molar-refractivity contribution is -0.137. The minimum absolute atomic E-state index is 0.0111. The van der Waals surface area contributed by atoms with E-state index in [1.54, 1.807) is 12.1 Å². The number of nitrogens with one attached hydrogen (secondary N) is 3. The minimum atomic E-state index is -4.72. The second-order valence-electron chi connectivity index (χ2n) is 8.27. The molecular weight excluding hydrogens is 511 g/mol. The first-order valence-corrected chi connectivity index (χ1v) is 13.1. The van der Waals surface area contributed by atoms with Gasteiger partial charge in [-0.1, -0.05) is 0 Å². The molecule has 3 aromatic rings. The predicted octanol–water partition coefficient (Wildman–Crippen LogP) is 2.45. The lowest BCUT2D eigenvalue weighted by Gasteiger charge is -2.29. The summed E-state index contributed by atoms with van der Waals surface area (Å²) in [7, 11) is -2.38. The van der Waals surface area contributed by atoms with Gasteiger partial charge >= 0.3 is 6.18 Å². The van der Waals surface area contributed by atoms with E-state index < -0.39 is 27.6 Å². The first kappa shape index (κ1) is 26.3. The zero-order valence-corrected chi connectivity index (χ0v) is 20.9. The van der Waals surface area contributed by atoms with Crippen molar-refractivity contribution < 1.29 is 21.6 Å². The Kier molecular flexibility index (Phi) is 7.63. The molecule has 2 aromatic heterocycles.